The van der Waals surface area contributed by atoms with E-state index >= 15 is 0 Å². The standard InChI is InChI=1S/C22H23N5OS.ClH/c1-13-11-25-21-19(13)17(6-7-24-21)27-8-9-29-18(12-27)22(28)26-16-10-14-4-2-3-5-15(14)20(16)23;/h2-7,11-12,16,20H,8-10,23H2,1H3,(H,24,25)(H,26,28);1H/t16-,20-;/m0./s1. The normalized spacial score (nSPS) is 20.5. The predicted octanol–water partition coefficient (Wildman–Crippen LogP) is 3.43. The van der Waals surface area contributed by atoms with Gasteiger partial charge in [-0.25, -0.2) is 4.98 Å². The molecule has 5 rings (SSSR count). The molecule has 0 fully saturated rings. The monoisotopic (exact) mass is 441 g/mol. The Bertz CT molecular complexity index is 1130. The first kappa shape index (κ1) is 20.8. The molecular formula is C22H24ClN5OS. The van der Waals surface area contributed by atoms with Crippen LogP contribution in [0.15, 0.2) is 53.8 Å². The molecule has 3 aromatic rings. The van der Waals surface area contributed by atoms with Gasteiger partial charge in [0, 0.05) is 36.3 Å². The number of fused-ring (bicyclic) bond motifs is 2. The number of thioether (sulfide) groups is 1. The first-order valence-corrected chi connectivity index (χ1v) is 10.8. The number of aromatic amines is 1. The Morgan fingerprint density at radius 2 is 2.17 bits per heavy atom. The van der Waals surface area contributed by atoms with Crippen molar-refractivity contribution in [1.82, 2.24) is 15.3 Å². The first-order valence-electron chi connectivity index (χ1n) is 9.80. The molecule has 2 aliphatic rings. The number of amides is 1. The fourth-order valence-electron chi connectivity index (χ4n) is 4.26. The fraction of sp³-hybridized carbons (Fsp3) is 0.273. The molecule has 0 unspecified atom stereocenters. The number of carbonyl (C=O) groups is 1. The zero-order chi connectivity index (χ0) is 20.0. The number of anilines is 1. The van der Waals surface area contributed by atoms with Gasteiger partial charge in [-0.15, -0.1) is 24.2 Å². The number of nitrogens with two attached hydrogens (primary N) is 1. The number of benzene rings is 1. The SMILES string of the molecule is Cc1c[nH]c2nccc(N3C=C(C(=O)N[C@H]4Cc5ccccc5[C@@H]4N)SCC3)c12.Cl. The van der Waals surface area contributed by atoms with Crippen LogP contribution in [0.5, 0.6) is 0 Å². The third kappa shape index (κ3) is 3.57. The Labute approximate surface area is 185 Å². The van der Waals surface area contributed by atoms with Crippen molar-refractivity contribution in [2.45, 2.75) is 25.4 Å². The molecule has 1 aromatic carbocycles. The molecule has 2 atom stereocenters. The molecule has 0 spiro atoms. The van der Waals surface area contributed by atoms with Gasteiger partial charge in [-0.05, 0) is 36.1 Å². The van der Waals surface area contributed by atoms with Crippen LogP contribution in [0.2, 0.25) is 0 Å². The lowest BCUT2D eigenvalue weighted by Crippen LogP contribution is -2.42. The molecular weight excluding hydrogens is 418 g/mol. The van der Waals surface area contributed by atoms with E-state index in [1.165, 1.54) is 5.56 Å². The van der Waals surface area contributed by atoms with Crippen LogP contribution >= 0.6 is 24.2 Å². The van der Waals surface area contributed by atoms with Gasteiger partial charge in [0.15, 0.2) is 0 Å². The summed E-state index contributed by atoms with van der Waals surface area (Å²) in [6, 6.07) is 9.93. The highest BCUT2D eigenvalue weighted by Gasteiger charge is 2.31. The Morgan fingerprint density at radius 3 is 3.00 bits per heavy atom. The van der Waals surface area contributed by atoms with E-state index in [0.29, 0.717) is 0 Å². The Balaban J connectivity index is 0.00000218. The number of aromatic nitrogens is 2. The third-order valence-corrected chi connectivity index (χ3v) is 6.74. The number of hydrogen-bond donors (Lipinski definition) is 3. The summed E-state index contributed by atoms with van der Waals surface area (Å²) in [5.74, 6) is 0.799. The zero-order valence-electron chi connectivity index (χ0n) is 16.6. The van der Waals surface area contributed by atoms with Crippen LogP contribution in [0.1, 0.15) is 22.7 Å². The maximum Gasteiger partial charge on any atom is 0.259 e. The number of rotatable bonds is 3. The molecule has 156 valence electrons. The van der Waals surface area contributed by atoms with E-state index < -0.39 is 0 Å². The van der Waals surface area contributed by atoms with E-state index in [9.17, 15) is 4.79 Å². The summed E-state index contributed by atoms with van der Waals surface area (Å²) in [7, 11) is 0. The van der Waals surface area contributed by atoms with Gasteiger partial charge < -0.3 is 20.9 Å². The fourth-order valence-corrected chi connectivity index (χ4v) is 5.16. The molecule has 1 aliphatic heterocycles. The van der Waals surface area contributed by atoms with E-state index in [2.05, 4.69) is 39.2 Å². The van der Waals surface area contributed by atoms with Crippen LogP contribution in [0.25, 0.3) is 11.0 Å². The summed E-state index contributed by atoms with van der Waals surface area (Å²) in [4.78, 5) is 23.5. The van der Waals surface area contributed by atoms with E-state index in [1.54, 1.807) is 18.0 Å². The molecule has 0 bridgehead atoms. The minimum absolute atomic E-state index is 0. The van der Waals surface area contributed by atoms with Crippen molar-refractivity contribution in [2.75, 3.05) is 17.2 Å². The second-order valence-corrected chi connectivity index (χ2v) is 8.71. The predicted molar refractivity (Wildman–Crippen MR) is 125 cm³/mol. The molecule has 6 nitrogen and oxygen atoms in total. The molecule has 0 saturated carbocycles. The van der Waals surface area contributed by atoms with Crippen LogP contribution < -0.4 is 16.0 Å². The van der Waals surface area contributed by atoms with Gasteiger partial charge in [-0.3, -0.25) is 4.79 Å². The second-order valence-electron chi connectivity index (χ2n) is 7.57. The largest absolute Gasteiger partial charge is 0.347 e. The number of nitrogens with one attached hydrogen (secondary N) is 2. The third-order valence-electron chi connectivity index (χ3n) is 5.75. The van der Waals surface area contributed by atoms with Crippen molar-refractivity contribution in [2.24, 2.45) is 5.73 Å². The van der Waals surface area contributed by atoms with Gasteiger partial charge in [-0.2, -0.15) is 0 Å². The average molecular weight is 442 g/mol. The first-order chi connectivity index (χ1) is 14.1. The molecule has 1 amide bonds. The van der Waals surface area contributed by atoms with Crippen molar-refractivity contribution in [1.29, 1.82) is 0 Å². The lowest BCUT2D eigenvalue weighted by Gasteiger charge is -2.27. The minimum atomic E-state index is -0.164. The molecule has 3 heterocycles. The summed E-state index contributed by atoms with van der Waals surface area (Å²) in [6.07, 6.45) is 6.50. The van der Waals surface area contributed by atoms with Gasteiger partial charge >= 0.3 is 0 Å². The van der Waals surface area contributed by atoms with E-state index in [-0.39, 0.29) is 30.4 Å². The number of nitrogens with zero attached hydrogens (tertiary/aromatic N) is 2. The number of H-pyrrole nitrogens is 1. The highest BCUT2D eigenvalue weighted by molar-refractivity contribution is 8.04. The number of pyridine rings is 1. The maximum atomic E-state index is 13.0. The van der Waals surface area contributed by atoms with Gasteiger partial charge in [0.1, 0.15) is 5.65 Å². The molecule has 2 aromatic heterocycles. The lowest BCUT2D eigenvalue weighted by atomic mass is 10.1. The highest BCUT2D eigenvalue weighted by atomic mass is 35.5. The lowest BCUT2D eigenvalue weighted by molar-refractivity contribution is -0.117. The molecule has 8 heteroatoms. The van der Waals surface area contributed by atoms with Crippen LogP contribution in [-0.4, -0.2) is 34.2 Å². The smallest absolute Gasteiger partial charge is 0.259 e. The number of hydrogen-bond acceptors (Lipinski definition) is 5. The second kappa shape index (κ2) is 8.34. The van der Waals surface area contributed by atoms with Crippen LogP contribution in [-0.2, 0) is 11.2 Å². The van der Waals surface area contributed by atoms with Crippen molar-refractivity contribution < 1.29 is 4.79 Å². The summed E-state index contributed by atoms with van der Waals surface area (Å²) in [6.45, 7) is 2.92. The Morgan fingerprint density at radius 1 is 1.33 bits per heavy atom. The van der Waals surface area contributed by atoms with Crippen LogP contribution in [0.4, 0.5) is 5.69 Å². The van der Waals surface area contributed by atoms with Crippen molar-refractivity contribution in [3.63, 3.8) is 0 Å². The van der Waals surface area contributed by atoms with Gasteiger partial charge in [0.25, 0.3) is 5.91 Å². The maximum absolute atomic E-state index is 13.0. The Kier molecular flexibility index (Phi) is 5.77. The highest BCUT2D eigenvalue weighted by Crippen LogP contribution is 2.33. The number of carbonyl (C=O) groups excluding carboxylic acids is 1. The summed E-state index contributed by atoms with van der Waals surface area (Å²) < 4.78 is 0. The van der Waals surface area contributed by atoms with E-state index in [0.717, 1.165) is 51.5 Å². The molecule has 0 saturated heterocycles. The summed E-state index contributed by atoms with van der Waals surface area (Å²) in [5, 5.41) is 4.26. The van der Waals surface area contributed by atoms with Crippen molar-refractivity contribution in [3.8, 4) is 0 Å². The topological polar surface area (TPSA) is 87.0 Å². The van der Waals surface area contributed by atoms with Crippen LogP contribution in [0.3, 0.4) is 0 Å². The van der Waals surface area contributed by atoms with E-state index in [1.807, 2.05) is 30.6 Å². The van der Waals surface area contributed by atoms with Gasteiger partial charge in [0.2, 0.25) is 0 Å². The zero-order valence-corrected chi connectivity index (χ0v) is 18.2. The molecule has 4 N–H and O–H groups in total. The number of aryl methyl sites for hydroxylation is 1. The van der Waals surface area contributed by atoms with E-state index in [4.69, 9.17) is 5.73 Å². The average Bonchev–Trinajstić information content (AvgIpc) is 3.28. The van der Waals surface area contributed by atoms with Gasteiger partial charge in [-0.1, -0.05) is 24.3 Å². The molecule has 0 radical (unpaired) electrons. The van der Waals surface area contributed by atoms with Crippen molar-refractivity contribution in [3.05, 3.63) is 70.5 Å². The number of halogens is 1. The summed E-state index contributed by atoms with van der Waals surface area (Å²) >= 11 is 1.59. The minimum Gasteiger partial charge on any atom is -0.347 e. The quantitative estimate of drug-likeness (QED) is 0.579. The summed E-state index contributed by atoms with van der Waals surface area (Å²) in [5.41, 5.74) is 11.8. The Hall–Kier alpha value is -2.48. The van der Waals surface area contributed by atoms with Crippen LogP contribution in [0, 0.1) is 6.92 Å². The molecule has 1 aliphatic carbocycles. The van der Waals surface area contributed by atoms with Gasteiger partial charge in [0.05, 0.1) is 22.7 Å². The van der Waals surface area contributed by atoms with Crippen molar-refractivity contribution >= 4 is 46.8 Å². The molecule has 30 heavy (non-hydrogen) atoms.